The van der Waals surface area contributed by atoms with Crippen molar-refractivity contribution in [3.8, 4) is 17.2 Å². The Balaban J connectivity index is 2.04. The predicted molar refractivity (Wildman–Crippen MR) is 80.3 cm³/mol. The molecule has 6 nitrogen and oxygen atoms in total. The minimum Gasteiger partial charge on any atom is -0.462 e. The van der Waals surface area contributed by atoms with Crippen LogP contribution in [0.2, 0.25) is 0 Å². The maximum absolute atomic E-state index is 12.1. The molecule has 0 atom stereocenters. The van der Waals surface area contributed by atoms with Gasteiger partial charge in [0.25, 0.3) is 0 Å². The van der Waals surface area contributed by atoms with Crippen LogP contribution < -0.4 is 14.8 Å². The van der Waals surface area contributed by atoms with Crippen LogP contribution in [0.4, 0.5) is 18.9 Å². The highest BCUT2D eigenvalue weighted by molar-refractivity contribution is 6.37. The van der Waals surface area contributed by atoms with Crippen molar-refractivity contribution < 1.29 is 37.0 Å². The highest BCUT2D eigenvalue weighted by Crippen LogP contribution is 2.28. The first kappa shape index (κ1) is 18.1. The maximum atomic E-state index is 12.1. The van der Waals surface area contributed by atoms with Gasteiger partial charge in [0.05, 0.1) is 7.11 Å². The zero-order valence-corrected chi connectivity index (χ0v) is 12.8. The Kier molecular flexibility index (Phi) is 5.48. The summed E-state index contributed by atoms with van der Waals surface area (Å²) in [5.74, 6) is -1.82. The number of methoxy groups -OCH3 is 1. The van der Waals surface area contributed by atoms with Gasteiger partial charge in [-0.15, -0.1) is 13.2 Å². The molecule has 0 aliphatic heterocycles. The van der Waals surface area contributed by atoms with Crippen molar-refractivity contribution in [2.75, 3.05) is 12.4 Å². The Hall–Kier alpha value is -3.23. The second-order valence-corrected chi connectivity index (χ2v) is 4.59. The van der Waals surface area contributed by atoms with E-state index in [9.17, 15) is 22.8 Å². The van der Waals surface area contributed by atoms with E-state index in [1.54, 1.807) is 12.1 Å². The van der Waals surface area contributed by atoms with Crippen LogP contribution in [-0.4, -0.2) is 25.3 Å². The summed E-state index contributed by atoms with van der Waals surface area (Å²) in [6.45, 7) is 0. The van der Waals surface area contributed by atoms with E-state index in [2.05, 4.69) is 14.8 Å². The van der Waals surface area contributed by atoms with E-state index in [0.29, 0.717) is 5.75 Å². The number of rotatable bonds is 4. The van der Waals surface area contributed by atoms with Gasteiger partial charge in [0, 0.05) is 11.8 Å². The lowest BCUT2D eigenvalue weighted by Crippen LogP contribution is -2.23. The van der Waals surface area contributed by atoms with Crippen LogP contribution in [0.15, 0.2) is 48.5 Å². The molecule has 1 amide bonds. The predicted octanol–water partition coefficient (Wildman–Crippen LogP) is 3.49. The molecule has 9 heteroatoms. The summed E-state index contributed by atoms with van der Waals surface area (Å²) in [6, 6.07) is 10.9. The maximum Gasteiger partial charge on any atom is 0.573 e. The highest BCUT2D eigenvalue weighted by atomic mass is 19.4. The second kappa shape index (κ2) is 7.56. The number of hydrogen-bond acceptors (Lipinski definition) is 5. The number of nitrogens with one attached hydrogen (secondary N) is 1. The molecular weight excluding hydrogens is 343 g/mol. The van der Waals surface area contributed by atoms with E-state index in [-0.39, 0.29) is 17.2 Å². The number of benzene rings is 2. The number of carbonyl (C=O) groups excluding carboxylic acids is 2. The molecule has 1 N–H and O–H groups in total. The Labute approximate surface area is 140 Å². The molecule has 0 spiro atoms. The molecule has 0 fully saturated rings. The Bertz CT molecular complexity index is 759. The van der Waals surface area contributed by atoms with Gasteiger partial charge in [-0.25, -0.2) is 4.79 Å². The fourth-order valence-corrected chi connectivity index (χ4v) is 1.76. The number of alkyl halides is 3. The van der Waals surface area contributed by atoms with Crippen molar-refractivity contribution in [3.05, 3.63) is 48.5 Å². The fraction of sp³-hybridized carbons (Fsp3) is 0.125. The van der Waals surface area contributed by atoms with Crippen LogP contribution in [0.1, 0.15) is 0 Å². The van der Waals surface area contributed by atoms with E-state index in [1.165, 1.54) is 24.3 Å². The molecule has 0 aromatic heterocycles. The van der Waals surface area contributed by atoms with Crippen LogP contribution in [-0.2, 0) is 14.3 Å². The summed E-state index contributed by atoms with van der Waals surface area (Å²) >= 11 is 0. The number of halogens is 3. The zero-order valence-electron chi connectivity index (χ0n) is 12.8. The minimum absolute atomic E-state index is 0.256. The molecule has 0 heterocycles. The van der Waals surface area contributed by atoms with Gasteiger partial charge in [0.15, 0.2) is 0 Å². The Morgan fingerprint density at radius 2 is 1.60 bits per heavy atom. The van der Waals surface area contributed by atoms with Crippen LogP contribution in [0.25, 0.3) is 0 Å². The number of amides is 1. The normalized spacial score (nSPS) is 10.7. The Morgan fingerprint density at radius 1 is 0.960 bits per heavy atom. The molecular formula is C16H12F3NO5. The molecule has 2 aromatic carbocycles. The molecule has 2 aromatic rings. The molecule has 0 aliphatic carbocycles. The van der Waals surface area contributed by atoms with Gasteiger partial charge >= 0.3 is 18.2 Å². The smallest absolute Gasteiger partial charge is 0.462 e. The van der Waals surface area contributed by atoms with Crippen molar-refractivity contribution in [1.82, 2.24) is 0 Å². The number of esters is 1. The summed E-state index contributed by atoms with van der Waals surface area (Å²) in [5.41, 5.74) is 0.282. The molecule has 25 heavy (non-hydrogen) atoms. The summed E-state index contributed by atoms with van der Waals surface area (Å²) < 4.78 is 49.8. The SMILES string of the molecule is COC(=O)C(=O)Nc1cccc(Oc2ccc(OC(F)(F)F)cc2)c1. The van der Waals surface area contributed by atoms with Crippen molar-refractivity contribution in [2.24, 2.45) is 0 Å². The van der Waals surface area contributed by atoms with Gasteiger partial charge in [0.1, 0.15) is 17.2 Å². The number of carbonyl (C=O) groups is 2. The van der Waals surface area contributed by atoms with Crippen LogP contribution in [0.5, 0.6) is 17.2 Å². The molecule has 0 radical (unpaired) electrons. The molecule has 0 aliphatic rings. The molecule has 0 saturated heterocycles. The summed E-state index contributed by atoms with van der Waals surface area (Å²) in [5, 5.41) is 2.32. The lowest BCUT2D eigenvalue weighted by Gasteiger charge is -2.11. The Morgan fingerprint density at radius 3 is 2.20 bits per heavy atom. The lowest BCUT2D eigenvalue weighted by molar-refractivity contribution is -0.274. The van der Waals surface area contributed by atoms with Gasteiger partial charge in [-0.3, -0.25) is 4.79 Å². The molecule has 2 rings (SSSR count). The van der Waals surface area contributed by atoms with Crippen LogP contribution in [0, 0.1) is 0 Å². The third kappa shape index (κ3) is 5.72. The van der Waals surface area contributed by atoms with E-state index >= 15 is 0 Å². The quantitative estimate of drug-likeness (QED) is 0.671. The van der Waals surface area contributed by atoms with Crippen molar-refractivity contribution in [1.29, 1.82) is 0 Å². The highest BCUT2D eigenvalue weighted by Gasteiger charge is 2.30. The number of anilines is 1. The second-order valence-electron chi connectivity index (χ2n) is 4.59. The minimum atomic E-state index is -4.77. The molecule has 0 saturated carbocycles. The molecule has 0 unspecified atom stereocenters. The largest absolute Gasteiger partial charge is 0.573 e. The van der Waals surface area contributed by atoms with E-state index in [4.69, 9.17) is 4.74 Å². The third-order valence-electron chi connectivity index (χ3n) is 2.76. The van der Waals surface area contributed by atoms with E-state index in [1.807, 2.05) is 0 Å². The first-order valence-corrected chi connectivity index (χ1v) is 6.80. The fourth-order valence-electron chi connectivity index (χ4n) is 1.76. The van der Waals surface area contributed by atoms with Crippen molar-refractivity contribution in [2.45, 2.75) is 6.36 Å². The topological polar surface area (TPSA) is 73.9 Å². The van der Waals surface area contributed by atoms with Gasteiger partial charge in [0.2, 0.25) is 0 Å². The molecule has 132 valence electrons. The lowest BCUT2D eigenvalue weighted by atomic mass is 10.3. The first-order valence-electron chi connectivity index (χ1n) is 6.80. The summed E-state index contributed by atoms with van der Waals surface area (Å²) in [6.07, 6.45) is -4.77. The van der Waals surface area contributed by atoms with E-state index in [0.717, 1.165) is 19.2 Å². The van der Waals surface area contributed by atoms with Crippen LogP contribution in [0.3, 0.4) is 0 Å². The van der Waals surface area contributed by atoms with Crippen molar-refractivity contribution >= 4 is 17.6 Å². The van der Waals surface area contributed by atoms with Crippen LogP contribution >= 0.6 is 0 Å². The average Bonchev–Trinajstić information content (AvgIpc) is 2.55. The summed E-state index contributed by atoms with van der Waals surface area (Å²) in [7, 11) is 1.08. The summed E-state index contributed by atoms with van der Waals surface area (Å²) in [4.78, 5) is 22.5. The standard InChI is InChI=1S/C16H12F3NO5/c1-23-15(22)14(21)20-10-3-2-4-13(9-10)24-11-5-7-12(8-6-11)25-16(17,18)19/h2-9H,1H3,(H,20,21). The van der Waals surface area contributed by atoms with Gasteiger partial charge < -0.3 is 19.5 Å². The van der Waals surface area contributed by atoms with E-state index < -0.39 is 18.2 Å². The number of hydrogen-bond donors (Lipinski definition) is 1. The molecule has 0 bridgehead atoms. The van der Waals surface area contributed by atoms with Gasteiger partial charge in [-0.2, -0.15) is 0 Å². The monoisotopic (exact) mass is 355 g/mol. The zero-order chi connectivity index (χ0) is 18.4. The van der Waals surface area contributed by atoms with Gasteiger partial charge in [-0.1, -0.05) is 6.07 Å². The van der Waals surface area contributed by atoms with Gasteiger partial charge in [-0.05, 0) is 36.4 Å². The first-order chi connectivity index (χ1) is 11.8. The third-order valence-corrected chi connectivity index (χ3v) is 2.76. The number of ether oxygens (including phenoxy) is 3. The average molecular weight is 355 g/mol. The van der Waals surface area contributed by atoms with Crippen molar-refractivity contribution in [3.63, 3.8) is 0 Å².